The van der Waals surface area contributed by atoms with E-state index >= 15 is 0 Å². The quantitative estimate of drug-likeness (QED) is 0.874. The largest absolute Gasteiger partial charge is 0.382 e. The van der Waals surface area contributed by atoms with E-state index in [9.17, 15) is 8.42 Å². The third kappa shape index (κ3) is 3.77. The highest BCUT2D eigenvalue weighted by atomic mass is 32.2. The Hall–Kier alpha value is -1.96. The molecule has 1 aromatic heterocycles. The molecule has 0 aliphatic heterocycles. The van der Waals surface area contributed by atoms with Crippen LogP contribution in [0.5, 0.6) is 0 Å². The highest BCUT2D eigenvalue weighted by molar-refractivity contribution is 7.90. The monoisotopic (exact) mass is 295 g/mol. The van der Waals surface area contributed by atoms with Crippen LogP contribution < -0.4 is 5.32 Å². The van der Waals surface area contributed by atoms with Gasteiger partial charge in [-0.25, -0.2) is 13.1 Å². The van der Waals surface area contributed by atoms with Crippen LogP contribution in [0.15, 0.2) is 24.3 Å². The molecule has 0 amide bonds. The lowest BCUT2D eigenvalue weighted by Gasteiger charge is -2.14. The minimum Gasteiger partial charge on any atom is -0.382 e. The summed E-state index contributed by atoms with van der Waals surface area (Å²) < 4.78 is 24.1. The predicted molar refractivity (Wildman–Crippen MR) is 77.0 cm³/mol. The highest BCUT2D eigenvalue weighted by Crippen LogP contribution is 2.20. The number of hydrogen-bond acceptors (Lipinski definition) is 6. The Labute approximate surface area is 117 Å². The van der Waals surface area contributed by atoms with Gasteiger partial charge in [0.05, 0.1) is 5.75 Å². The van der Waals surface area contributed by atoms with Crippen LogP contribution >= 0.6 is 0 Å². The van der Waals surface area contributed by atoms with Crippen LogP contribution in [0.2, 0.25) is 0 Å². The van der Waals surface area contributed by atoms with Gasteiger partial charge in [-0.2, -0.15) is 0 Å². The van der Waals surface area contributed by atoms with Gasteiger partial charge in [0.2, 0.25) is 0 Å². The van der Waals surface area contributed by atoms with Crippen molar-refractivity contribution >= 4 is 15.5 Å². The Kier molecular flexibility index (Phi) is 4.03. The molecule has 0 aliphatic rings. The molecular weight excluding hydrogens is 278 g/mol. The van der Waals surface area contributed by atoms with Gasteiger partial charge in [0, 0.05) is 30.6 Å². The maximum Gasteiger partial charge on any atom is 0.181 e. The Balaban J connectivity index is 2.17. The second kappa shape index (κ2) is 5.58. The molecule has 1 atom stereocenters. The predicted octanol–water partition coefficient (Wildman–Crippen LogP) is 0.722. The van der Waals surface area contributed by atoms with Crippen molar-refractivity contribution in [3.8, 4) is 11.4 Å². The molecule has 2 rings (SSSR count). The molecule has 0 fully saturated rings. The summed E-state index contributed by atoms with van der Waals surface area (Å²) in [5.74, 6) is 0.743. The molecule has 0 spiro atoms. The topological polar surface area (TPSA) is 89.8 Å². The number of benzene rings is 1. The zero-order valence-corrected chi connectivity index (χ0v) is 12.4. The summed E-state index contributed by atoms with van der Waals surface area (Å²) >= 11 is 0. The van der Waals surface area contributed by atoms with E-state index in [0.29, 0.717) is 5.82 Å². The lowest BCUT2D eigenvalue weighted by atomic mass is 10.2. The molecule has 0 bridgehead atoms. The molecule has 1 N–H and O–H groups in total. The second-order valence-corrected chi connectivity index (χ2v) is 7.03. The van der Waals surface area contributed by atoms with Crippen molar-refractivity contribution in [2.75, 3.05) is 17.3 Å². The Bertz CT molecular complexity index is 695. The summed E-state index contributed by atoms with van der Waals surface area (Å²) in [5, 5.41) is 14.5. The molecule has 108 valence electrons. The van der Waals surface area contributed by atoms with Crippen molar-refractivity contribution in [2.45, 2.75) is 13.0 Å². The lowest BCUT2D eigenvalue weighted by Crippen LogP contribution is -2.24. The van der Waals surface area contributed by atoms with E-state index in [4.69, 9.17) is 0 Å². The van der Waals surface area contributed by atoms with E-state index in [1.54, 1.807) is 11.7 Å². The third-order valence-corrected chi connectivity index (χ3v) is 3.81. The average molecular weight is 295 g/mol. The van der Waals surface area contributed by atoms with Gasteiger partial charge in [-0.15, -0.1) is 5.10 Å². The summed E-state index contributed by atoms with van der Waals surface area (Å²) in [7, 11) is -1.24. The SMILES string of the molecule is CC(CS(C)(=O)=O)Nc1cccc(-c2nnnn2C)c1. The highest BCUT2D eigenvalue weighted by Gasteiger charge is 2.11. The second-order valence-electron chi connectivity index (χ2n) is 4.84. The first-order valence-electron chi connectivity index (χ1n) is 6.12. The maximum absolute atomic E-state index is 11.3. The number of sulfone groups is 1. The van der Waals surface area contributed by atoms with Crippen molar-refractivity contribution in [2.24, 2.45) is 7.05 Å². The molecule has 1 heterocycles. The molecule has 0 radical (unpaired) electrons. The fourth-order valence-electron chi connectivity index (χ4n) is 2.00. The Morgan fingerprint density at radius 1 is 1.40 bits per heavy atom. The van der Waals surface area contributed by atoms with Crippen molar-refractivity contribution < 1.29 is 8.42 Å². The standard InChI is InChI=1S/C12H17N5O2S/c1-9(8-20(3,18)19)13-11-6-4-5-10(7-11)12-14-15-16-17(12)2/h4-7,9,13H,8H2,1-3H3. The van der Waals surface area contributed by atoms with Gasteiger partial charge in [-0.1, -0.05) is 12.1 Å². The fraction of sp³-hybridized carbons (Fsp3) is 0.417. The lowest BCUT2D eigenvalue weighted by molar-refractivity contribution is 0.598. The first-order chi connectivity index (χ1) is 9.35. The van der Waals surface area contributed by atoms with E-state index in [-0.39, 0.29) is 11.8 Å². The minimum atomic E-state index is -3.00. The van der Waals surface area contributed by atoms with Crippen LogP contribution in [0.25, 0.3) is 11.4 Å². The number of anilines is 1. The summed E-state index contributed by atoms with van der Waals surface area (Å²) in [6, 6.07) is 7.38. The number of aryl methyl sites for hydroxylation is 1. The van der Waals surface area contributed by atoms with Gasteiger partial charge >= 0.3 is 0 Å². The van der Waals surface area contributed by atoms with E-state index < -0.39 is 9.84 Å². The molecule has 0 saturated heterocycles. The van der Waals surface area contributed by atoms with Crippen LogP contribution in [0, 0.1) is 0 Å². The number of nitrogens with zero attached hydrogens (tertiary/aromatic N) is 4. The van der Waals surface area contributed by atoms with Crippen LogP contribution in [-0.2, 0) is 16.9 Å². The first kappa shape index (κ1) is 14.4. The molecule has 2 aromatic rings. The van der Waals surface area contributed by atoms with Crippen molar-refractivity contribution in [1.29, 1.82) is 0 Å². The summed E-state index contributed by atoms with van der Waals surface area (Å²) in [5.41, 5.74) is 1.70. The first-order valence-corrected chi connectivity index (χ1v) is 8.18. The van der Waals surface area contributed by atoms with E-state index in [0.717, 1.165) is 11.3 Å². The third-order valence-electron chi connectivity index (χ3n) is 2.71. The number of hydrogen-bond donors (Lipinski definition) is 1. The zero-order valence-electron chi connectivity index (χ0n) is 11.6. The van der Waals surface area contributed by atoms with Crippen molar-refractivity contribution in [3.05, 3.63) is 24.3 Å². The molecule has 0 aliphatic carbocycles. The van der Waals surface area contributed by atoms with E-state index in [2.05, 4.69) is 20.8 Å². The number of tetrazole rings is 1. The Morgan fingerprint density at radius 2 is 2.15 bits per heavy atom. The van der Waals surface area contributed by atoms with Crippen LogP contribution in [0.1, 0.15) is 6.92 Å². The van der Waals surface area contributed by atoms with Gasteiger partial charge in [-0.3, -0.25) is 0 Å². The molecule has 1 unspecified atom stereocenters. The van der Waals surface area contributed by atoms with Gasteiger partial charge in [-0.05, 0) is 29.5 Å². The van der Waals surface area contributed by atoms with Crippen molar-refractivity contribution in [3.63, 3.8) is 0 Å². The van der Waals surface area contributed by atoms with E-state index in [1.807, 2.05) is 31.2 Å². The number of nitrogens with one attached hydrogen (secondary N) is 1. The molecule has 0 saturated carbocycles. The fourth-order valence-corrected chi connectivity index (χ4v) is 2.99. The molecular formula is C12H17N5O2S. The Morgan fingerprint density at radius 3 is 2.75 bits per heavy atom. The summed E-state index contributed by atoms with van der Waals surface area (Å²) in [6.45, 7) is 1.83. The molecule has 8 heteroatoms. The van der Waals surface area contributed by atoms with Crippen LogP contribution in [0.3, 0.4) is 0 Å². The molecule has 20 heavy (non-hydrogen) atoms. The van der Waals surface area contributed by atoms with Crippen LogP contribution in [-0.4, -0.2) is 46.7 Å². The maximum atomic E-state index is 11.3. The smallest absolute Gasteiger partial charge is 0.181 e. The van der Waals surface area contributed by atoms with Gasteiger partial charge in [0.1, 0.15) is 9.84 Å². The normalized spacial score (nSPS) is 13.2. The zero-order chi connectivity index (χ0) is 14.8. The van der Waals surface area contributed by atoms with E-state index in [1.165, 1.54) is 6.26 Å². The summed E-state index contributed by atoms with van der Waals surface area (Å²) in [6.07, 6.45) is 1.23. The van der Waals surface area contributed by atoms with Gasteiger partial charge in [0.15, 0.2) is 5.82 Å². The molecule has 7 nitrogen and oxygen atoms in total. The summed E-state index contributed by atoms with van der Waals surface area (Å²) in [4.78, 5) is 0. The number of aromatic nitrogens is 4. The number of rotatable bonds is 5. The van der Waals surface area contributed by atoms with Gasteiger partial charge in [0.25, 0.3) is 0 Å². The average Bonchev–Trinajstić information content (AvgIpc) is 2.73. The minimum absolute atomic E-state index is 0.0861. The molecule has 1 aromatic carbocycles. The van der Waals surface area contributed by atoms with Gasteiger partial charge < -0.3 is 5.32 Å². The van der Waals surface area contributed by atoms with Crippen LogP contribution in [0.4, 0.5) is 5.69 Å². The van der Waals surface area contributed by atoms with Crippen molar-refractivity contribution in [1.82, 2.24) is 20.2 Å².